The molecule has 1 rings (SSSR count). The van der Waals surface area contributed by atoms with Crippen molar-refractivity contribution >= 4 is 21.8 Å². The van der Waals surface area contributed by atoms with Crippen LogP contribution in [0.5, 0.6) is 0 Å². The first-order chi connectivity index (χ1) is 9.49. The van der Waals surface area contributed by atoms with Gasteiger partial charge >= 0.3 is 0 Å². The molecule has 1 aromatic rings. The largest absolute Gasteiger partial charge is 0.320 e. The minimum absolute atomic E-state index is 0.123. The highest BCUT2D eigenvalue weighted by atomic mass is 32.2. The van der Waals surface area contributed by atoms with E-state index in [-0.39, 0.29) is 17.4 Å². The fraction of sp³-hybridized carbons (Fsp3) is 0.462. The van der Waals surface area contributed by atoms with Gasteiger partial charge in [-0.1, -0.05) is 18.8 Å². The first kappa shape index (κ1) is 17.0. The lowest BCUT2D eigenvalue weighted by atomic mass is 10.2. The molecule has 0 radical (unpaired) electrons. The molecule has 0 saturated heterocycles. The first-order valence-electron chi connectivity index (χ1n) is 6.12. The lowest BCUT2D eigenvalue weighted by Crippen LogP contribution is -2.29. The summed E-state index contributed by atoms with van der Waals surface area (Å²) in [5, 5.41) is 0. The summed E-state index contributed by atoms with van der Waals surface area (Å²) < 4.78 is 26.9. The van der Waals surface area contributed by atoms with Gasteiger partial charge in [-0.15, -0.1) is 0 Å². The number of aromatic nitrogens is 1. The highest BCUT2D eigenvalue weighted by molar-refractivity contribution is 7.98. The Kier molecular flexibility index (Phi) is 7.02. The Balaban J connectivity index is 2.82. The molecule has 0 bridgehead atoms. The quantitative estimate of drug-likeness (QED) is 0.754. The summed E-state index contributed by atoms with van der Waals surface area (Å²) in [6, 6.07) is 1.50. The predicted octanol–water partition coefficient (Wildman–Crippen LogP) is 0.669. The van der Waals surface area contributed by atoms with Crippen molar-refractivity contribution in [1.82, 2.24) is 9.71 Å². The minimum Gasteiger partial charge on any atom is -0.320 e. The van der Waals surface area contributed by atoms with Crippen LogP contribution < -0.4 is 10.5 Å². The number of nitrogens with two attached hydrogens (primary N) is 1. The van der Waals surface area contributed by atoms with Gasteiger partial charge in [-0.25, -0.2) is 13.1 Å². The van der Waals surface area contributed by atoms with Crippen molar-refractivity contribution in [3.8, 4) is 11.8 Å². The van der Waals surface area contributed by atoms with E-state index in [2.05, 4.69) is 21.5 Å². The predicted molar refractivity (Wildman–Crippen MR) is 82.9 cm³/mol. The third kappa shape index (κ3) is 5.51. The van der Waals surface area contributed by atoms with Crippen LogP contribution >= 0.6 is 11.8 Å². The molecule has 20 heavy (non-hydrogen) atoms. The number of sulfonamides is 1. The summed E-state index contributed by atoms with van der Waals surface area (Å²) in [5.74, 6) is 6.62. The second kappa shape index (κ2) is 8.27. The maximum atomic E-state index is 12.1. The van der Waals surface area contributed by atoms with Crippen LogP contribution in [0.15, 0.2) is 23.4 Å². The zero-order valence-electron chi connectivity index (χ0n) is 11.6. The SMILES string of the molecule is CSCC(C)CNS(=O)(=O)c1cncc(C#CCN)c1. The van der Waals surface area contributed by atoms with E-state index in [1.165, 1.54) is 18.5 Å². The molecule has 0 aliphatic rings. The number of thioether (sulfide) groups is 1. The van der Waals surface area contributed by atoms with Gasteiger partial charge in [0.15, 0.2) is 0 Å². The van der Waals surface area contributed by atoms with Crippen LogP contribution in [0.1, 0.15) is 12.5 Å². The number of hydrogen-bond acceptors (Lipinski definition) is 5. The number of nitrogens with zero attached hydrogens (tertiary/aromatic N) is 1. The fourth-order valence-electron chi connectivity index (χ4n) is 1.47. The second-order valence-electron chi connectivity index (χ2n) is 4.33. The molecule has 0 saturated carbocycles. The van der Waals surface area contributed by atoms with E-state index in [0.29, 0.717) is 12.1 Å². The first-order valence-corrected chi connectivity index (χ1v) is 9.00. The Labute approximate surface area is 124 Å². The summed E-state index contributed by atoms with van der Waals surface area (Å²) in [5.41, 5.74) is 5.82. The summed E-state index contributed by atoms with van der Waals surface area (Å²) in [7, 11) is -3.54. The molecule has 1 heterocycles. The van der Waals surface area contributed by atoms with Crippen molar-refractivity contribution in [2.45, 2.75) is 11.8 Å². The third-order valence-electron chi connectivity index (χ3n) is 2.43. The Morgan fingerprint density at radius 1 is 1.50 bits per heavy atom. The highest BCUT2D eigenvalue weighted by Gasteiger charge is 2.15. The molecular weight excluding hydrogens is 294 g/mol. The van der Waals surface area contributed by atoms with Gasteiger partial charge in [-0.2, -0.15) is 11.8 Å². The fourth-order valence-corrected chi connectivity index (χ4v) is 3.31. The van der Waals surface area contributed by atoms with E-state index >= 15 is 0 Å². The molecule has 5 nitrogen and oxygen atoms in total. The zero-order valence-corrected chi connectivity index (χ0v) is 13.2. The van der Waals surface area contributed by atoms with Crippen molar-refractivity contribution in [3.05, 3.63) is 24.0 Å². The molecule has 1 aromatic heterocycles. The molecule has 1 atom stereocenters. The Hall–Kier alpha value is -1.07. The Morgan fingerprint density at radius 2 is 2.25 bits per heavy atom. The maximum Gasteiger partial charge on any atom is 0.242 e. The molecule has 1 unspecified atom stereocenters. The van der Waals surface area contributed by atoms with Crippen molar-refractivity contribution in [2.24, 2.45) is 11.7 Å². The highest BCUT2D eigenvalue weighted by Crippen LogP contribution is 2.10. The van der Waals surface area contributed by atoms with Gasteiger partial charge in [0.1, 0.15) is 4.90 Å². The zero-order chi connectivity index (χ0) is 15.0. The van der Waals surface area contributed by atoms with Crippen LogP contribution in [0.2, 0.25) is 0 Å². The normalized spacial score (nSPS) is 12.6. The van der Waals surface area contributed by atoms with E-state index in [9.17, 15) is 8.42 Å². The van der Waals surface area contributed by atoms with Gasteiger partial charge in [0.2, 0.25) is 10.0 Å². The van der Waals surface area contributed by atoms with Crippen LogP contribution in [-0.4, -0.2) is 38.5 Å². The molecule has 0 spiro atoms. The molecule has 0 amide bonds. The maximum absolute atomic E-state index is 12.1. The van der Waals surface area contributed by atoms with Gasteiger partial charge in [0.05, 0.1) is 6.54 Å². The topological polar surface area (TPSA) is 85.1 Å². The summed E-state index contributed by atoms with van der Waals surface area (Å²) in [6.07, 6.45) is 4.82. The summed E-state index contributed by atoms with van der Waals surface area (Å²) >= 11 is 1.69. The van der Waals surface area contributed by atoms with E-state index in [1.54, 1.807) is 11.8 Å². The molecule has 0 aromatic carbocycles. The smallest absolute Gasteiger partial charge is 0.242 e. The van der Waals surface area contributed by atoms with Gasteiger partial charge in [-0.05, 0) is 24.0 Å². The average molecular weight is 313 g/mol. The monoisotopic (exact) mass is 313 g/mol. The lowest BCUT2D eigenvalue weighted by molar-refractivity contribution is 0.562. The van der Waals surface area contributed by atoms with Crippen molar-refractivity contribution in [3.63, 3.8) is 0 Å². The Morgan fingerprint density at radius 3 is 2.90 bits per heavy atom. The second-order valence-corrected chi connectivity index (χ2v) is 7.01. The van der Waals surface area contributed by atoms with Gasteiger partial charge in [0, 0.05) is 24.5 Å². The third-order valence-corrected chi connectivity index (χ3v) is 4.72. The molecule has 110 valence electrons. The van der Waals surface area contributed by atoms with Crippen LogP contribution in [0, 0.1) is 17.8 Å². The van der Waals surface area contributed by atoms with Crippen molar-refractivity contribution in [2.75, 3.05) is 25.1 Å². The number of rotatable bonds is 6. The van der Waals surface area contributed by atoms with E-state index in [4.69, 9.17) is 5.73 Å². The number of hydrogen-bond donors (Lipinski definition) is 2. The molecule has 3 N–H and O–H groups in total. The van der Waals surface area contributed by atoms with Gasteiger partial charge < -0.3 is 5.73 Å². The standard InChI is InChI=1S/C13H19N3O2S2/c1-11(10-19-2)7-16-20(17,18)13-6-12(4-3-5-14)8-15-9-13/h6,8-9,11,16H,5,7,10,14H2,1-2H3. The van der Waals surface area contributed by atoms with Crippen LogP contribution in [0.4, 0.5) is 0 Å². The van der Waals surface area contributed by atoms with Crippen LogP contribution in [0.3, 0.4) is 0 Å². The van der Waals surface area contributed by atoms with Crippen LogP contribution in [0.25, 0.3) is 0 Å². The van der Waals surface area contributed by atoms with Crippen molar-refractivity contribution in [1.29, 1.82) is 0 Å². The molecule has 0 fully saturated rings. The van der Waals surface area contributed by atoms with E-state index in [1.807, 2.05) is 13.2 Å². The molecule has 7 heteroatoms. The Bertz CT molecular complexity index is 591. The van der Waals surface area contributed by atoms with Gasteiger partial charge in [-0.3, -0.25) is 4.98 Å². The van der Waals surface area contributed by atoms with Crippen LogP contribution in [-0.2, 0) is 10.0 Å². The lowest BCUT2D eigenvalue weighted by Gasteiger charge is -2.11. The van der Waals surface area contributed by atoms with E-state index < -0.39 is 10.0 Å². The summed E-state index contributed by atoms with van der Waals surface area (Å²) in [6.45, 7) is 2.63. The minimum atomic E-state index is -3.54. The molecule has 0 aliphatic heterocycles. The molecule has 0 aliphatic carbocycles. The average Bonchev–Trinajstić information content (AvgIpc) is 2.44. The number of pyridine rings is 1. The van der Waals surface area contributed by atoms with Gasteiger partial charge in [0.25, 0.3) is 0 Å². The molecular formula is C13H19N3O2S2. The van der Waals surface area contributed by atoms with E-state index in [0.717, 1.165) is 5.75 Å². The number of nitrogens with one attached hydrogen (secondary N) is 1. The van der Waals surface area contributed by atoms with Crippen molar-refractivity contribution < 1.29 is 8.42 Å². The summed E-state index contributed by atoms with van der Waals surface area (Å²) in [4.78, 5) is 4.02.